The monoisotopic (exact) mass is 749 g/mol. The molecule has 0 saturated carbocycles. The predicted octanol–water partition coefficient (Wildman–Crippen LogP) is 10.6. The number of carboxylic acids is 1. The Hall–Kier alpha value is -8.13. The third kappa shape index (κ3) is 7.08. The lowest BCUT2D eigenvalue weighted by atomic mass is 10.0. The first-order valence-electron chi connectivity index (χ1n) is 18.8. The molecule has 8 bridgehead atoms. The highest BCUT2D eigenvalue weighted by atomic mass is 16.4. The SMILES string of the molecule is CN(C)c1ccc(C#Cc2c3ccc([nH]3)c(-c3ccccc3)c3nc(c(C#Cc4ccc(C(=O)O)cc4)c4nc(c(-c5ccccc5)c5ccc2[nH]5)C=C4)C=C3)cc1. The Balaban J connectivity index is 1.36. The van der Waals surface area contributed by atoms with E-state index in [9.17, 15) is 9.90 Å². The van der Waals surface area contributed by atoms with Crippen molar-refractivity contribution in [3.8, 4) is 45.9 Å². The van der Waals surface area contributed by atoms with Crippen LogP contribution in [-0.4, -0.2) is 45.1 Å². The summed E-state index contributed by atoms with van der Waals surface area (Å²) in [5.41, 5.74) is 14.6. The van der Waals surface area contributed by atoms with Gasteiger partial charge in [0.2, 0.25) is 0 Å². The van der Waals surface area contributed by atoms with Crippen LogP contribution in [0.25, 0.3) is 68.6 Å². The van der Waals surface area contributed by atoms with Crippen LogP contribution in [0.3, 0.4) is 0 Å². The van der Waals surface area contributed by atoms with E-state index in [1.54, 1.807) is 24.3 Å². The third-order valence-electron chi connectivity index (χ3n) is 10.1. The summed E-state index contributed by atoms with van der Waals surface area (Å²) in [4.78, 5) is 31.5. The number of H-pyrrole nitrogens is 2. The van der Waals surface area contributed by atoms with Gasteiger partial charge >= 0.3 is 5.97 Å². The zero-order valence-corrected chi connectivity index (χ0v) is 31.7. The van der Waals surface area contributed by atoms with Crippen molar-refractivity contribution in [2.75, 3.05) is 19.0 Å². The molecule has 2 aliphatic heterocycles. The molecule has 3 N–H and O–H groups in total. The molecule has 0 unspecified atom stereocenters. The zero-order chi connectivity index (χ0) is 39.6. The van der Waals surface area contributed by atoms with Gasteiger partial charge in [-0.25, -0.2) is 14.8 Å². The summed E-state index contributed by atoms with van der Waals surface area (Å²) in [6.45, 7) is 0. The molecule has 5 heterocycles. The maximum Gasteiger partial charge on any atom is 0.335 e. The summed E-state index contributed by atoms with van der Waals surface area (Å²) >= 11 is 0. The standard InChI is InChI=1S/C51H35N5O2/c1-56(2)38-21-15-34(16-22-38)18-24-40-43-27-31-47(54-43)49(35-9-5-3-6-10-35)45-29-25-41(52-45)39(23-17-33-13-19-37(20-14-33)51(57)58)42-26-30-46(53-42)50(36-11-7-4-8-12-36)48-32-28-44(40)55-48/h3-16,19-22,25-32,54-55H,1-2H3,(H,57,58). The Morgan fingerprint density at radius 3 is 1.40 bits per heavy atom. The molecule has 7 aromatic rings. The molecule has 0 saturated heterocycles. The second kappa shape index (κ2) is 15.2. The molecule has 3 aromatic heterocycles. The molecule has 0 atom stereocenters. The first-order valence-corrected chi connectivity index (χ1v) is 18.8. The van der Waals surface area contributed by atoms with Gasteiger partial charge in [-0.05, 0) is 108 Å². The molecular formula is C51H35N5O2. The lowest BCUT2D eigenvalue weighted by molar-refractivity contribution is 0.0697. The Labute approximate surface area is 335 Å². The smallest absolute Gasteiger partial charge is 0.335 e. The molecule has 0 spiro atoms. The summed E-state index contributed by atoms with van der Waals surface area (Å²) in [7, 11) is 4.05. The van der Waals surface area contributed by atoms with Gasteiger partial charge in [0.15, 0.2) is 0 Å². The van der Waals surface area contributed by atoms with Crippen LogP contribution in [0, 0.1) is 23.7 Å². The van der Waals surface area contributed by atoms with Crippen molar-refractivity contribution >= 4 is 58.0 Å². The van der Waals surface area contributed by atoms with Crippen LogP contribution in [0.5, 0.6) is 0 Å². The van der Waals surface area contributed by atoms with Gasteiger partial charge in [0, 0.05) is 53.1 Å². The van der Waals surface area contributed by atoms with E-state index < -0.39 is 5.97 Å². The van der Waals surface area contributed by atoms with Crippen molar-refractivity contribution in [1.82, 2.24) is 19.9 Å². The minimum Gasteiger partial charge on any atom is -0.478 e. The molecule has 4 aromatic carbocycles. The molecule has 0 radical (unpaired) electrons. The Kier molecular flexibility index (Phi) is 9.31. The minimum atomic E-state index is -0.985. The van der Waals surface area contributed by atoms with Gasteiger partial charge in [0.1, 0.15) is 0 Å². The maximum absolute atomic E-state index is 11.5. The van der Waals surface area contributed by atoms with E-state index in [0.717, 1.165) is 72.5 Å². The highest BCUT2D eigenvalue weighted by Gasteiger charge is 2.17. The molecule has 276 valence electrons. The molecule has 2 aliphatic rings. The third-order valence-corrected chi connectivity index (χ3v) is 10.1. The van der Waals surface area contributed by atoms with Crippen LogP contribution in [0.4, 0.5) is 5.69 Å². The van der Waals surface area contributed by atoms with E-state index in [1.165, 1.54) is 0 Å². The van der Waals surface area contributed by atoms with Crippen molar-refractivity contribution in [2.45, 2.75) is 0 Å². The highest BCUT2D eigenvalue weighted by Crippen LogP contribution is 2.34. The normalized spacial score (nSPS) is 11.3. The lowest BCUT2D eigenvalue weighted by Gasteiger charge is -2.11. The Morgan fingerprint density at radius 2 is 0.931 bits per heavy atom. The summed E-state index contributed by atoms with van der Waals surface area (Å²) in [6, 6.07) is 43.5. The van der Waals surface area contributed by atoms with Crippen LogP contribution in [0.2, 0.25) is 0 Å². The second-order valence-corrected chi connectivity index (χ2v) is 14.1. The van der Waals surface area contributed by atoms with Crippen molar-refractivity contribution in [3.05, 3.63) is 184 Å². The van der Waals surface area contributed by atoms with Crippen molar-refractivity contribution in [1.29, 1.82) is 0 Å². The Bertz CT molecular complexity index is 2960. The van der Waals surface area contributed by atoms with Crippen LogP contribution in [0.15, 0.2) is 133 Å². The number of rotatable bonds is 4. The number of aromatic carboxylic acids is 1. The lowest BCUT2D eigenvalue weighted by Crippen LogP contribution is -2.07. The number of nitrogens with one attached hydrogen (secondary N) is 2. The highest BCUT2D eigenvalue weighted by molar-refractivity contribution is 5.95. The molecule has 0 amide bonds. The first kappa shape index (κ1) is 35.6. The number of aromatic nitrogens is 4. The second-order valence-electron chi connectivity index (χ2n) is 14.1. The summed E-state index contributed by atoms with van der Waals surface area (Å²) in [5, 5.41) is 9.43. The molecule has 7 nitrogen and oxygen atoms in total. The minimum absolute atomic E-state index is 0.201. The van der Waals surface area contributed by atoms with E-state index in [-0.39, 0.29) is 5.56 Å². The largest absolute Gasteiger partial charge is 0.478 e. The van der Waals surface area contributed by atoms with E-state index in [1.807, 2.05) is 86.9 Å². The predicted molar refractivity (Wildman–Crippen MR) is 236 cm³/mol. The van der Waals surface area contributed by atoms with Crippen LogP contribution in [-0.2, 0) is 0 Å². The number of aromatic amines is 2. The molecule has 0 aliphatic carbocycles. The summed E-state index contributed by atoms with van der Waals surface area (Å²) in [6.07, 6.45) is 8.00. The number of benzene rings is 4. The van der Waals surface area contributed by atoms with E-state index in [2.05, 4.69) is 99.2 Å². The van der Waals surface area contributed by atoms with Gasteiger partial charge in [-0.2, -0.15) is 0 Å². The number of fused-ring (bicyclic) bond motifs is 8. The summed E-state index contributed by atoms with van der Waals surface area (Å²) < 4.78 is 0. The van der Waals surface area contributed by atoms with Gasteiger partial charge < -0.3 is 20.0 Å². The Morgan fingerprint density at radius 1 is 0.500 bits per heavy atom. The van der Waals surface area contributed by atoms with Gasteiger partial charge in [-0.1, -0.05) is 84.3 Å². The molecule has 9 rings (SSSR count). The van der Waals surface area contributed by atoms with Crippen molar-refractivity contribution < 1.29 is 9.90 Å². The van der Waals surface area contributed by atoms with E-state index in [0.29, 0.717) is 22.5 Å². The van der Waals surface area contributed by atoms with Crippen LogP contribution in [0.1, 0.15) is 55.4 Å². The van der Waals surface area contributed by atoms with Gasteiger partial charge in [-0.15, -0.1) is 0 Å². The van der Waals surface area contributed by atoms with Gasteiger partial charge in [-0.3, -0.25) is 0 Å². The molecule has 58 heavy (non-hydrogen) atoms. The number of carbonyl (C=O) groups is 1. The van der Waals surface area contributed by atoms with E-state index in [4.69, 9.17) is 9.97 Å². The van der Waals surface area contributed by atoms with Crippen LogP contribution < -0.4 is 4.90 Å². The molecule has 0 fully saturated rings. The zero-order valence-electron chi connectivity index (χ0n) is 31.7. The van der Waals surface area contributed by atoms with Crippen molar-refractivity contribution in [2.24, 2.45) is 0 Å². The quantitative estimate of drug-likeness (QED) is 0.156. The fraction of sp³-hybridized carbons (Fsp3) is 0.0392. The number of nitrogens with zero attached hydrogens (tertiary/aromatic N) is 3. The molecular weight excluding hydrogens is 715 g/mol. The first-order chi connectivity index (χ1) is 28.4. The average Bonchev–Trinajstić information content (AvgIpc) is 4.10. The fourth-order valence-corrected chi connectivity index (χ4v) is 7.09. The van der Waals surface area contributed by atoms with Crippen molar-refractivity contribution in [3.63, 3.8) is 0 Å². The number of carboxylic acid groups (broad SMARTS) is 1. The maximum atomic E-state index is 11.5. The fourth-order valence-electron chi connectivity index (χ4n) is 7.09. The van der Waals surface area contributed by atoms with Crippen LogP contribution >= 0.6 is 0 Å². The topological polar surface area (TPSA) is 97.9 Å². The number of hydrogen-bond donors (Lipinski definition) is 3. The molecule has 7 heteroatoms. The van der Waals surface area contributed by atoms with Gasteiger partial charge in [0.05, 0.1) is 50.5 Å². The average molecular weight is 750 g/mol. The van der Waals surface area contributed by atoms with E-state index >= 15 is 0 Å². The van der Waals surface area contributed by atoms with Gasteiger partial charge in [0.25, 0.3) is 0 Å². The summed E-state index contributed by atoms with van der Waals surface area (Å²) in [5.74, 6) is 12.6. The number of hydrogen-bond acceptors (Lipinski definition) is 4. The number of anilines is 1.